The fourth-order valence-corrected chi connectivity index (χ4v) is 3.54. The summed E-state index contributed by atoms with van der Waals surface area (Å²) in [5.41, 5.74) is 1.19. The molecule has 6 heteroatoms. The molecule has 2 aliphatic heterocycles. The molecule has 3 atom stereocenters. The normalized spacial score (nSPS) is 27.6. The van der Waals surface area contributed by atoms with Gasteiger partial charge in [0.2, 0.25) is 5.95 Å². The van der Waals surface area contributed by atoms with Crippen molar-refractivity contribution in [2.45, 2.75) is 24.6 Å². The Morgan fingerprint density at radius 2 is 1.91 bits per heavy atom. The Balaban J connectivity index is 1.39. The van der Waals surface area contributed by atoms with E-state index in [1.807, 2.05) is 18.2 Å². The Bertz CT molecular complexity index is 651. The molecule has 0 unspecified atom stereocenters. The predicted octanol–water partition coefficient (Wildman–Crippen LogP) is 2.76. The van der Waals surface area contributed by atoms with Gasteiger partial charge in [0.15, 0.2) is 0 Å². The van der Waals surface area contributed by atoms with Crippen molar-refractivity contribution in [3.05, 3.63) is 53.3 Å². The van der Waals surface area contributed by atoms with Crippen molar-refractivity contribution in [3.8, 4) is 0 Å². The molecule has 0 spiro atoms. The first-order chi connectivity index (χ1) is 11.3. The van der Waals surface area contributed by atoms with E-state index >= 15 is 0 Å². The number of morpholine rings is 1. The lowest BCUT2D eigenvalue weighted by Gasteiger charge is -2.35. The summed E-state index contributed by atoms with van der Waals surface area (Å²) in [6.07, 6.45) is 4.70. The van der Waals surface area contributed by atoms with E-state index in [1.165, 1.54) is 5.56 Å². The van der Waals surface area contributed by atoms with Gasteiger partial charge in [0.25, 0.3) is 0 Å². The van der Waals surface area contributed by atoms with Gasteiger partial charge in [0, 0.05) is 42.6 Å². The van der Waals surface area contributed by atoms with Crippen LogP contribution in [-0.4, -0.2) is 46.6 Å². The minimum Gasteiger partial charge on any atom is -0.371 e. The second kappa shape index (κ2) is 6.43. The molecule has 1 aromatic heterocycles. The summed E-state index contributed by atoms with van der Waals surface area (Å²) in [7, 11) is 0. The second-order valence-electron chi connectivity index (χ2n) is 6.13. The maximum atomic E-state index is 6.07. The highest BCUT2D eigenvalue weighted by Crippen LogP contribution is 2.31. The number of aromatic nitrogens is 2. The van der Waals surface area contributed by atoms with E-state index in [1.54, 1.807) is 12.4 Å². The van der Waals surface area contributed by atoms with Crippen molar-refractivity contribution < 1.29 is 4.74 Å². The van der Waals surface area contributed by atoms with Crippen molar-refractivity contribution in [1.29, 1.82) is 0 Å². The molecule has 5 nitrogen and oxygen atoms in total. The van der Waals surface area contributed by atoms with Gasteiger partial charge >= 0.3 is 0 Å². The molecule has 23 heavy (non-hydrogen) atoms. The zero-order valence-electron chi connectivity index (χ0n) is 12.7. The fourth-order valence-electron chi connectivity index (χ4n) is 3.41. The van der Waals surface area contributed by atoms with Gasteiger partial charge in [-0.3, -0.25) is 4.90 Å². The fraction of sp³-hybridized carbons (Fsp3) is 0.412. The Hall–Kier alpha value is -1.69. The maximum Gasteiger partial charge on any atom is 0.222 e. The van der Waals surface area contributed by atoms with Crippen LogP contribution in [0.2, 0.25) is 5.02 Å². The number of halogens is 1. The van der Waals surface area contributed by atoms with Gasteiger partial charge in [-0.2, -0.15) is 0 Å². The molecular weight excluding hydrogens is 312 g/mol. The predicted molar refractivity (Wildman–Crippen MR) is 89.6 cm³/mol. The molecule has 3 heterocycles. The minimum absolute atomic E-state index is 0.121. The monoisotopic (exact) mass is 330 g/mol. The van der Waals surface area contributed by atoms with Crippen molar-refractivity contribution >= 4 is 17.5 Å². The summed E-state index contributed by atoms with van der Waals surface area (Å²) in [6, 6.07) is 10.6. The number of hydrogen-bond donors (Lipinski definition) is 1. The average molecular weight is 331 g/mol. The molecule has 2 saturated heterocycles. The van der Waals surface area contributed by atoms with Crippen LogP contribution in [0, 0.1) is 0 Å². The summed E-state index contributed by atoms with van der Waals surface area (Å²) in [4.78, 5) is 11.0. The lowest BCUT2D eigenvalue weighted by molar-refractivity contribution is -0.0501. The van der Waals surface area contributed by atoms with E-state index in [-0.39, 0.29) is 6.10 Å². The van der Waals surface area contributed by atoms with Crippen LogP contribution >= 0.6 is 11.6 Å². The largest absolute Gasteiger partial charge is 0.371 e. The molecule has 120 valence electrons. The molecular formula is C17H19ClN4O. The van der Waals surface area contributed by atoms with Gasteiger partial charge in [-0.1, -0.05) is 23.7 Å². The number of nitrogens with one attached hydrogen (secondary N) is 1. The van der Waals surface area contributed by atoms with Gasteiger partial charge < -0.3 is 10.1 Å². The quantitative estimate of drug-likeness (QED) is 0.937. The van der Waals surface area contributed by atoms with E-state index in [0.717, 1.165) is 31.1 Å². The topological polar surface area (TPSA) is 50.3 Å². The summed E-state index contributed by atoms with van der Waals surface area (Å²) in [6.45, 7) is 2.68. The van der Waals surface area contributed by atoms with Crippen LogP contribution in [0.3, 0.4) is 0 Å². The van der Waals surface area contributed by atoms with Crippen LogP contribution in [0.5, 0.6) is 0 Å². The first kappa shape index (κ1) is 14.9. The Kier molecular flexibility index (Phi) is 4.16. The lowest BCUT2D eigenvalue weighted by atomic mass is 10.1. The van der Waals surface area contributed by atoms with Crippen molar-refractivity contribution in [2.24, 2.45) is 0 Å². The summed E-state index contributed by atoms with van der Waals surface area (Å²) in [5, 5.41) is 4.18. The summed E-state index contributed by atoms with van der Waals surface area (Å²) >= 11 is 5.96. The van der Waals surface area contributed by atoms with Gasteiger partial charge in [-0.05, 0) is 30.2 Å². The van der Waals surface area contributed by atoms with Crippen molar-refractivity contribution in [3.63, 3.8) is 0 Å². The molecule has 4 rings (SSSR count). The van der Waals surface area contributed by atoms with Crippen LogP contribution in [-0.2, 0) is 4.74 Å². The molecule has 0 radical (unpaired) electrons. The second-order valence-corrected chi connectivity index (χ2v) is 6.57. The third kappa shape index (κ3) is 3.32. The number of hydrogen-bond acceptors (Lipinski definition) is 5. The van der Waals surface area contributed by atoms with Gasteiger partial charge in [-0.25, -0.2) is 9.97 Å². The van der Waals surface area contributed by atoms with E-state index in [9.17, 15) is 0 Å². The van der Waals surface area contributed by atoms with Gasteiger partial charge in [-0.15, -0.1) is 0 Å². The Morgan fingerprint density at radius 1 is 1.13 bits per heavy atom. The molecule has 1 aromatic carbocycles. The number of ether oxygens (including phenoxy) is 1. The number of anilines is 1. The van der Waals surface area contributed by atoms with Crippen LogP contribution in [0.4, 0.5) is 5.95 Å². The first-order valence-corrected chi connectivity index (χ1v) is 8.30. The first-order valence-electron chi connectivity index (χ1n) is 7.92. The molecule has 0 aliphatic carbocycles. The molecule has 0 saturated carbocycles. The SMILES string of the molecule is Clc1ccc([C@H]2CN3C[C@@H](Nc4ncccn4)C[C@H]3CO2)cc1. The lowest BCUT2D eigenvalue weighted by Crippen LogP contribution is -2.42. The number of rotatable bonds is 3. The third-order valence-corrected chi connectivity index (χ3v) is 4.81. The summed E-state index contributed by atoms with van der Waals surface area (Å²) in [5.74, 6) is 0.701. The van der Waals surface area contributed by atoms with E-state index in [0.29, 0.717) is 18.0 Å². The summed E-state index contributed by atoms with van der Waals surface area (Å²) < 4.78 is 6.07. The molecule has 1 N–H and O–H groups in total. The highest BCUT2D eigenvalue weighted by Gasteiger charge is 2.37. The standard InChI is InChI=1S/C17H19ClN4O/c18-13-4-2-12(3-5-13)16-10-22-9-14(8-15(22)11-23-16)21-17-19-6-1-7-20-17/h1-7,14-16H,8-11H2,(H,19,20,21)/t14-,15-,16+/m0/s1. The number of nitrogens with zero attached hydrogens (tertiary/aromatic N) is 3. The zero-order chi connectivity index (χ0) is 15.6. The van der Waals surface area contributed by atoms with Crippen LogP contribution in [0.1, 0.15) is 18.1 Å². The van der Waals surface area contributed by atoms with Gasteiger partial charge in [0.05, 0.1) is 12.7 Å². The average Bonchev–Trinajstić information content (AvgIpc) is 2.98. The molecule has 0 bridgehead atoms. The maximum absolute atomic E-state index is 6.07. The third-order valence-electron chi connectivity index (χ3n) is 4.56. The number of benzene rings is 1. The highest BCUT2D eigenvalue weighted by atomic mass is 35.5. The van der Waals surface area contributed by atoms with E-state index in [4.69, 9.17) is 16.3 Å². The molecule has 0 amide bonds. The minimum atomic E-state index is 0.121. The van der Waals surface area contributed by atoms with Crippen molar-refractivity contribution in [1.82, 2.24) is 14.9 Å². The van der Waals surface area contributed by atoms with Crippen LogP contribution in [0.15, 0.2) is 42.7 Å². The van der Waals surface area contributed by atoms with Crippen molar-refractivity contribution in [2.75, 3.05) is 25.0 Å². The van der Waals surface area contributed by atoms with Crippen LogP contribution in [0.25, 0.3) is 0 Å². The molecule has 2 aromatic rings. The zero-order valence-corrected chi connectivity index (χ0v) is 13.5. The van der Waals surface area contributed by atoms with E-state index in [2.05, 4.69) is 32.3 Å². The smallest absolute Gasteiger partial charge is 0.222 e. The van der Waals surface area contributed by atoms with Gasteiger partial charge in [0.1, 0.15) is 0 Å². The highest BCUT2D eigenvalue weighted by molar-refractivity contribution is 6.30. The number of fused-ring (bicyclic) bond motifs is 1. The molecule has 2 fully saturated rings. The Morgan fingerprint density at radius 3 is 2.70 bits per heavy atom. The molecule has 2 aliphatic rings. The van der Waals surface area contributed by atoms with E-state index < -0.39 is 0 Å². The van der Waals surface area contributed by atoms with Crippen LogP contribution < -0.4 is 5.32 Å². The Labute approximate surface area is 140 Å².